The molecular weight excluding hydrogens is 228 g/mol. The van der Waals surface area contributed by atoms with Gasteiger partial charge in [0.1, 0.15) is 6.04 Å². The Balaban J connectivity index is 1.94. The van der Waals surface area contributed by atoms with Crippen LogP contribution in [0.1, 0.15) is 18.9 Å². The fraction of sp³-hybridized carbons (Fsp3) is 0.500. The molecule has 1 aliphatic heterocycles. The number of methoxy groups -OCH3 is 1. The predicted molar refractivity (Wildman–Crippen MR) is 71.7 cm³/mol. The minimum Gasteiger partial charge on any atom is -0.383 e. The molecule has 0 fully saturated rings. The zero-order valence-corrected chi connectivity index (χ0v) is 10.9. The Hall–Kier alpha value is -1.55. The number of aryl methyl sites for hydroxylation is 1. The molecule has 1 amide bonds. The number of hydrogen-bond donors (Lipinski definition) is 2. The van der Waals surface area contributed by atoms with Crippen LogP contribution in [0.2, 0.25) is 0 Å². The number of nitrogens with one attached hydrogen (secondary N) is 2. The highest BCUT2D eigenvalue weighted by Gasteiger charge is 2.24. The predicted octanol–water partition coefficient (Wildman–Crippen LogP) is 1.56. The van der Waals surface area contributed by atoms with Crippen molar-refractivity contribution >= 4 is 11.6 Å². The van der Waals surface area contributed by atoms with E-state index in [1.807, 2.05) is 25.1 Å². The van der Waals surface area contributed by atoms with Crippen molar-refractivity contribution < 1.29 is 9.53 Å². The summed E-state index contributed by atoms with van der Waals surface area (Å²) in [5.74, 6) is 0.0500. The number of para-hydroxylation sites is 1. The first kappa shape index (κ1) is 12.9. The third-order valence-electron chi connectivity index (χ3n) is 3.17. The van der Waals surface area contributed by atoms with Gasteiger partial charge in [0.25, 0.3) is 0 Å². The molecule has 1 aliphatic rings. The van der Waals surface area contributed by atoms with E-state index in [-0.39, 0.29) is 18.0 Å². The molecule has 1 aromatic rings. The van der Waals surface area contributed by atoms with Crippen LogP contribution in [0.5, 0.6) is 0 Å². The highest BCUT2D eigenvalue weighted by Crippen LogP contribution is 2.24. The molecule has 0 bridgehead atoms. The van der Waals surface area contributed by atoms with Gasteiger partial charge in [-0.15, -0.1) is 0 Å². The van der Waals surface area contributed by atoms with Gasteiger partial charge >= 0.3 is 0 Å². The van der Waals surface area contributed by atoms with Gasteiger partial charge in [-0.2, -0.15) is 0 Å². The molecule has 2 rings (SSSR count). The normalized spacial score (nSPS) is 19.6. The van der Waals surface area contributed by atoms with Gasteiger partial charge in [-0.05, 0) is 31.4 Å². The summed E-state index contributed by atoms with van der Waals surface area (Å²) < 4.78 is 5.01. The SMILES string of the molecule is COCC(C)NC(=O)C1CCc2ccccc2N1. The highest BCUT2D eigenvalue weighted by molar-refractivity contribution is 5.85. The van der Waals surface area contributed by atoms with Crippen LogP contribution in [0.25, 0.3) is 0 Å². The number of fused-ring (bicyclic) bond motifs is 1. The van der Waals surface area contributed by atoms with Gasteiger partial charge in [-0.25, -0.2) is 0 Å². The fourth-order valence-corrected chi connectivity index (χ4v) is 2.27. The minimum absolute atomic E-state index is 0.0430. The number of anilines is 1. The Morgan fingerprint density at radius 1 is 1.56 bits per heavy atom. The Morgan fingerprint density at radius 2 is 2.33 bits per heavy atom. The summed E-state index contributed by atoms with van der Waals surface area (Å²) in [5, 5.41) is 6.25. The van der Waals surface area contributed by atoms with Crippen LogP contribution in [0.15, 0.2) is 24.3 Å². The van der Waals surface area contributed by atoms with Gasteiger partial charge in [0, 0.05) is 18.8 Å². The Labute approximate surface area is 108 Å². The third-order valence-corrected chi connectivity index (χ3v) is 3.17. The van der Waals surface area contributed by atoms with Crippen LogP contribution in [0.4, 0.5) is 5.69 Å². The molecule has 0 aliphatic carbocycles. The number of benzene rings is 1. The molecule has 4 heteroatoms. The summed E-state index contributed by atoms with van der Waals surface area (Å²) >= 11 is 0. The molecule has 2 unspecified atom stereocenters. The van der Waals surface area contributed by atoms with Gasteiger partial charge < -0.3 is 15.4 Å². The lowest BCUT2D eigenvalue weighted by atomic mass is 9.97. The van der Waals surface area contributed by atoms with Crippen LogP contribution in [-0.2, 0) is 16.0 Å². The Kier molecular flexibility index (Phi) is 4.20. The summed E-state index contributed by atoms with van der Waals surface area (Å²) in [4.78, 5) is 12.1. The molecular formula is C14H20N2O2. The smallest absolute Gasteiger partial charge is 0.242 e. The Bertz CT molecular complexity index is 420. The lowest BCUT2D eigenvalue weighted by Gasteiger charge is -2.27. The lowest BCUT2D eigenvalue weighted by Crippen LogP contribution is -2.46. The van der Waals surface area contributed by atoms with Gasteiger partial charge in [-0.1, -0.05) is 18.2 Å². The van der Waals surface area contributed by atoms with Crippen molar-refractivity contribution in [3.8, 4) is 0 Å². The van der Waals surface area contributed by atoms with Gasteiger partial charge in [0.15, 0.2) is 0 Å². The molecule has 0 saturated carbocycles. The second kappa shape index (κ2) is 5.87. The summed E-state index contributed by atoms with van der Waals surface area (Å²) in [6.45, 7) is 2.48. The first-order valence-electron chi connectivity index (χ1n) is 6.34. The average molecular weight is 248 g/mol. The van der Waals surface area contributed by atoms with E-state index in [4.69, 9.17) is 4.74 Å². The second-order valence-electron chi connectivity index (χ2n) is 4.76. The van der Waals surface area contributed by atoms with E-state index in [0.717, 1.165) is 18.5 Å². The van der Waals surface area contributed by atoms with Crippen molar-refractivity contribution in [1.29, 1.82) is 0 Å². The van der Waals surface area contributed by atoms with Crippen molar-refractivity contribution in [1.82, 2.24) is 5.32 Å². The summed E-state index contributed by atoms with van der Waals surface area (Å²) in [7, 11) is 1.64. The zero-order valence-electron chi connectivity index (χ0n) is 10.9. The molecule has 0 spiro atoms. The molecule has 1 heterocycles. The maximum Gasteiger partial charge on any atom is 0.242 e. The molecule has 18 heavy (non-hydrogen) atoms. The maximum absolute atomic E-state index is 12.1. The summed E-state index contributed by atoms with van der Waals surface area (Å²) in [6, 6.07) is 8.04. The largest absolute Gasteiger partial charge is 0.383 e. The van der Waals surface area contributed by atoms with E-state index < -0.39 is 0 Å². The van der Waals surface area contributed by atoms with Crippen molar-refractivity contribution in [2.75, 3.05) is 19.0 Å². The minimum atomic E-state index is -0.140. The average Bonchev–Trinajstić information content (AvgIpc) is 2.38. The molecule has 0 aromatic heterocycles. The summed E-state index contributed by atoms with van der Waals surface area (Å²) in [6.07, 6.45) is 1.78. The summed E-state index contributed by atoms with van der Waals surface area (Å²) in [5.41, 5.74) is 2.36. The monoisotopic (exact) mass is 248 g/mol. The quantitative estimate of drug-likeness (QED) is 0.850. The van der Waals surface area contributed by atoms with E-state index in [1.54, 1.807) is 7.11 Å². The van der Waals surface area contributed by atoms with Crippen LogP contribution < -0.4 is 10.6 Å². The van der Waals surface area contributed by atoms with Crippen molar-refractivity contribution in [2.45, 2.75) is 31.8 Å². The highest BCUT2D eigenvalue weighted by atomic mass is 16.5. The van der Waals surface area contributed by atoms with E-state index in [2.05, 4.69) is 16.7 Å². The van der Waals surface area contributed by atoms with Crippen molar-refractivity contribution in [3.05, 3.63) is 29.8 Å². The standard InChI is InChI=1S/C14H20N2O2/c1-10(9-18-2)15-14(17)13-8-7-11-5-3-4-6-12(11)16-13/h3-6,10,13,16H,7-9H2,1-2H3,(H,15,17). The fourth-order valence-electron chi connectivity index (χ4n) is 2.27. The topological polar surface area (TPSA) is 50.4 Å². The van der Waals surface area contributed by atoms with Crippen LogP contribution in [0.3, 0.4) is 0 Å². The first-order chi connectivity index (χ1) is 8.70. The molecule has 98 valence electrons. The number of carbonyl (C=O) groups is 1. The first-order valence-corrected chi connectivity index (χ1v) is 6.34. The van der Waals surface area contributed by atoms with Gasteiger partial charge in [0.05, 0.1) is 6.61 Å². The van der Waals surface area contributed by atoms with Crippen molar-refractivity contribution in [3.63, 3.8) is 0 Å². The number of carbonyl (C=O) groups excluding carboxylic acids is 1. The van der Waals surface area contributed by atoms with Gasteiger partial charge in [0.2, 0.25) is 5.91 Å². The Morgan fingerprint density at radius 3 is 3.11 bits per heavy atom. The molecule has 2 N–H and O–H groups in total. The number of hydrogen-bond acceptors (Lipinski definition) is 3. The lowest BCUT2D eigenvalue weighted by molar-refractivity contribution is -0.123. The molecule has 2 atom stereocenters. The molecule has 0 saturated heterocycles. The maximum atomic E-state index is 12.1. The van der Waals surface area contributed by atoms with Gasteiger partial charge in [-0.3, -0.25) is 4.79 Å². The van der Waals surface area contributed by atoms with Crippen LogP contribution >= 0.6 is 0 Å². The van der Waals surface area contributed by atoms with Crippen LogP contribution in [0, 0.1) is 0 Å². The number of rotatable bonds is 4. The van der Waals surface area contributed by atoms with E-state index in [0.29, 0.717) is 6.61 Å². The van der Waals surface area contributed by atoms with E-state index in [1.165, 1.54) is 5.56 Å². The number of ether oxygens (including phenoxy) is 1. The van der Waals surface area contributed by atoms with E-state index in [9.17, 15) is 4.79 Å². The van der Waals surface area contributed by atoms with E-state index >= 15 is 0 Å². The molecule has 4 nitrogen and oxygen atoms in total. The second-order valence-corrected chi connectivity index (χ2v) is 4.76. The third kappa shape index (κ3) is 3.01. The zero-order chi connectivity index (χ0) is 13.0. The molecule has 1 aromatic carbocycles. The van der Waals surface area contributed by atoms with Crippen LogP contribution in [-0.4, -0.2) is 31.7 Å². The molecule has 0 radical (unpaired) electrons. The van der Waals surface area contributed by atoms with Crippen molar-refractivity contribution in [2.24, 2.45) is 0 Å². The number of amides is 1.